The highest BCUT2D eigenvalue weighted by Gasteiger charge is 2.31. The number of rotatable bonds is 5. The summed E-state index contributed by atoms with van der Waals surface area (Å²) in [5, 5.41) is 5.05. The molecule has 8 rings (SSSR count). The van der Waals surface area contributed by atoms with Crippen molar-refractivity contribution in [3.8, 4) is 22.3 Å². The van der Waals surface area contributed by atoms with Crippen LogP contribution >= 0.6 is 0 Å². The highest BCUT2D eigenvalue weighted by Crippen LogP contribution is 2.43. The molecular weight excluding hydrogens is 637 g/mol. The van der Waals surface area contributed by atoms with Crippen LogP contribution in [0.3, 0.4) is 0 Å². The standard InChI is InChI=1S/C53H49/c1-34-23-27-39(28-24-34)46(40-29-25-35(2)26-30-40)50-49-43-33-45(52(3,4)5)42(36-17-11-9-12-18-36)31-41(43)32-44(49)47(37-21-15-16-22-37)48(51(50)53(6,7)8)38-19-13-10-14-20-38/h9-21,23-31,33H,22H2,1-8H3. The van der Waals surface area contributed by atoms with Crippen LogP contribution in [0.25, 0.3) is 39.5 Å². The van der Waals surface area contributed by atoms with Crippen molar-refractivity contribution in [2.45, 2.75) is 72.6 Å². The first-order valence-corrected chi connectivity index (χ1v) is 19.1. The smallest absolute Gasteiger partial charge is 0.000429 e. The molecule has 0 saturated carbocycles. The minimum absolute atomic E-state index is 0.0822. The van der Waals surface area contributed by atoms with Crippen LogP contribution in [0.1, 0.15) is 92.5 Å². The summed E-state index contributed by atoms with van der Waals surface area (Å²) in [6.45, 7) is 18.6. The van der Waals surface area contributed by atoms with E-state index in [0.29, 0.717) is 0 Å². The van der Waals surface area contributed by atoms with Crippen LogP contribution < -0.4 is 10.4 Å². The highest BCUT2D eigenvalue weighted by atomic mass is 14.3. The van der Waals surface area contributed by atoms with E-state index in [1.165, 1.54) is 93.6 Å². The van der Waals surface area contributed by atoms with Crippen molar-refractivity contribution in [1.29, 1.82) is 0 Å². The van der Waals surface area contributed by atoms with Crippen LogP contribution in [-0.2, 0) is 10.8 Å². The highest BCUT2D eigenvalue weighted by molar-refractivity contribution is 5.94. The Balaban J connectivity index is 1.74. The monoisotopic (exact) mass is 685 g/mol. The molecule has 2 aliphatic carbocycles. The molecule has 0 saturated heterocycles. The van der Waals surface area contributed by atoms with Crippen LogP contribution in [-0.4, -0.2) is 0 Å². The molecule has 53 heavy (non-hydrogen) atoms. The van der Waals surface area contributed by atoms with E-state index < -0.39 is 0 Å². The summed E-state index contributed by atoms with van der Waals surface area (Å²) < 4.78 is 0. The van der Waals surface area contributed by atoms with Gasteiger partial charge in [0, 0.05) is 0 Å². The lowest BCUT2D eigenvalue weighted by molar-refractivity contribution is 0.586. The van der Waals surface area contributed by atoms with Crippen molar-refractivity contribution in [3.63, 3.8) is 0 Å². The first-order valence-electron chi connectivity index (χ1n) is 19.1. The summed E-state index contributed by atoms with van der Waals surface area (Å²) in [7, 11) is 0. The van der Waals surface area contributed by atoms with Crippen LogP contribution in [0.5, 0.6) is 0 Å². The van der Waals surface area contributed by atoms with E-state index in [0.717, 1.165) is 11.6 Å². The SMILES string of the molecule is Cc1ccc(C(c2ccc(C)cc2)=c2c(C(C)(C)C)c(-c3ccccc3)c(C3=CC=CC3)c3c2=c2cc(C(C)(C)C)c(-c4ccccc4)cc2=[C]3)cc1. The summed E-state index contributed by atoms with van der Waals surface area (Å²) in [5.41, 5.74) is 17.6. The Morgan fingerprint density at radius 3 is 1.68 bits per heavy atom. The largest absolute Gasteiger partial charge is 0.0801 e. The van der Waals surface area contributed by atoms with Crippen LogP contribution in [0.2, 0.25) is 0 Å². The predicted molar refractivity (Wildman–Crippen MR) is 226 cm³/mol. The Morgan fingerprint density at radius 2 is 1.17 bits per heavy atom. The second kappa shape index (κ2) is 13.2. The zero-order valence-corrected chi connectivity index (χ0v) is 32.5. The fourth-order valence-corrected chi connectivity index (χ4v) is 8.41. The zero-order chi connectivity index (χ0) is 37.1. The second-order valence-corrected chi connectivity index (χ2v) is 17.0. The molecule has 0 heteroatoms. The maximum absolute atomic E-state index is 4.14. The van der Waals surface area contributed by atoms with Crippen molar-refractivity contribution in [2.75, 3.05) is 0 Å². The third-order valence-corrected chi connectivity index (χ3v) is 10.9. The molecule has 0 N–H and O–H groups in total. The van der Waals surface area contributed by atoms with Gasteiger partial charge in [-0.15, -0.1) is 0 Å². The fourth-order valence-electron chi connectivity index (χ4n) is 8.41. The molecule has 0 amide bonds. The third-order valence-electron chi connectivity index (χ3n) is 10.9. The zero-order valence-electron chi connectivity index (χ0n) is 32.5. The molecule has 0 aliphatic heterocycles. The van der Waals surface area contributed by atoms with Crippen molar-refractivity contribution in [1.82, 2.24) is 0 Å². The first-order chi connectivity index (χ1) is 25.4. The van der Waals surface area contributed by atoms with E-state index in [1.807, 2.05) is 0 Å². The van der Waals surface area contributed by atoms with Gasteiger partial charge in [-0.1, -0.05) is 180 Å². The molecule has 6 aromatic rings. The number of allylic oxidation sites excluding steroid dienone is 4. The molecule has 0 nitrogen and oxygen atoms in total. The van der Waals surface area contributed by atoms with Crippen LogP contribution in [0, 0.1) is 24.3 Å². The second-order valence-electron chi connectivity index (χ2n) is 17.0. The number of hydrogen-bond donors (Lipinski definition) is 0. The van der Waals surface area contributed by atoms with Crippen molar-refractivity contribution in [3.05, 3.63) is 205 Å². The number of aryl methyl sites for hydroxylation is 2. The van der Waals surface area contributed by atoms with Gasteiger partial charge in [0.25, 0.3) is 0 Å². The molecule has 0 fully saturated rings. The summed E-state index contributed by atoms with van der Waals surface area (Å²) in [6.07, 6.45) is 11.9. The number of fused-ring (bicyclic) bond motifs is 2. The first kappa shape index (κ1) is 34.6. The summed E-state index contributed by atoms with van der Waals surface area (Å²) >= 11 is 0. The topological polar surface area (TPSA) is 0 Å². The molecular formula is C53H49. The Hall–Kier alpha value is -5.46. The Labute approximate surface area is 315 Å². The summed E-state index contributed by atoms with van der Waals surface area (Å²) in [5.74, 6) is 0. The van der Waals surface area contributed by atoms with E-state index in [9.17, 15) is 0 Å². The normalized spacial score (nSPS) is 13.4. The lowest BCUT2D eigenvalue weighted by Crippen LogP contribution is -2.30. The summed E-state index contributed by atoms with van der Waals surface area (Å²) in [6, 6.07) is 45.3. The van der Waals surface area contributed by atoms with Gasteiger partial charge in [-0.2, -0.15) is 0 Å². The Bertz CT molecular complexity index is 2610. The molecule has 0 bridgehead atoms. The van der Waals surface area contributed by atoms with Gasteiger partial charge >= 0.3 is 0 Å². The van der Waals surface area contributed by atoms with Gasteiger partial charge < -0.3 is 0 Å². The molecule has 2 aliphatic rings. The van der Waals surface area contributed by atoms with Crippen molar-refractivity contribution >= 4 is 17.2 Å². The maximum atomic E-state index is 4.14. The average Bonchev–Trinajstić information content (AvgIpc) is 3.81. The minimum Gasteiger partial charge on any atom is -0.0801 e. The van der Waals surface area contributed by atoms with Crippen molar-refractivity contribution < 1.29 is 0 Å². The molecule has 261 valence electrons. The van der Waals surface area contributed by atoms with Gasteiger partial charge in [-0.3, -0.25) is 0 Å². The number of benzene rings is 6. The van der Waals surface area contributed by atoms with E-state index in [1.54, 1.807) is 0 Å². The van der Waals surface area contributed by atoms with Gasteiger partial charge in [-0.05, 0) is 137 Å². The van der Waals surface area contributed by atoms with Gasteiger partial charge in [0.05, 0.1) is 0 Å². The Kier molecular flexibility index (Phi) is 8.62. The molecule has 0 spiro atoms. The van der Waals surface area contributed by atoms with E-state index in [4.69, 9.17) is 0 Å². The molecule has 0 atom stereocenters. The summed E-state index contributed by atoms with van der Waals surface area (Å²) in [4.78, 5) is 0. The average molecular weight is 686 g/mol. The lowest BCUT2D eigenvalue weighted by Gasteiger charge is -2.30. The predicted octanol–water partition coefficient (Wildman–Crippen LogP) is 12.1. The molecule has 0 heterocycles. The van der Waals surface area contributed by atoms with Gasteiger partial charge in [0.2, 0.25) is 0 Å². The number of hydrogen-bond acceptors (Lipinski definition) is 0. The molecule has 1 radical (unpaired) electrons. The van der Waals surface area contributed by atoms with Crippen molar-refractivity contribution in [2.24, 2.45) is 0 Å². The molecule has 6 aromatic carbocycles. The minimum atomic E-state index is -0.211. The van der Waals surface area contributed by atoms with Gasteiger partial charge in [-0.25, -0.2) is 0 Å². The van der Waals surface area contributed by atoms with Crippen LogP contribution in [0.15, 0.2) is 140 Å². The molecule has 0 unspecified atom stereocenters. The quantitative estimate of drug-likeness (QED) is 0.169. The maximum Gasteiger partial charge on any atom is -0.000429 e. The molecule has 0 aromatic heterocycles. The lowest BCUT2D eigenvalue weighted by atomic mass is 9.73. The Morgan fingerprint density at radius 1 is 0.604 bits per heavy atom. The van der Waals surface area contributed by atoms with Crippen LogP contribution in [0.4, 0.5) is 0 Å². The van der Waals surface area contributed by atoms with E-state index in [2.05, 4.69) is 201 Å². The van der Waals surface area contributed by atoms with Gasteiger partial charge in [0.15, 0.2) is 0 Å². The fraction of sp³-hybridized carbons (Fsp3) is 0.208. The van der Waals surface area contributed by atoms with Gasteiger partial charge in [0.1, 0.15) is 0 Å². The third kappa shape index (κ3) is 6.25. The van der Waals surface area contributed by atoms with E-state index >= 15 is 0 Å². The van der Waals surface area contributed by atoms with E-state index in [-0.39, 0.29) is 10.8 Å².